The molecule has 0 saturated heterocycles. The molecule has 6 heteroatoms. The van der Waals surface area contributed by atoms with Gasteiger partial charge in [0.2, 0.25) is 0 Å². The molecule has 0 aromatic carbocycles. The lowest BCUT2D eigenvalue weighted by Crippen LogP contribution is -2.16. The standard InChI is InChI=1S/C13H24N4S2/c1-2-3-4-5-6-7-8-9-10-19-13(18)16-17-11-14-15-12-17/h11-12H,2-10H2,1H3,(H,16,18). The molecule has 0 aliphatic carbocycles. The van der Waals surface area contributed by atoms with Crippen LogP contribution in [0.3, 0.4) is 0 Å². The summed E-state index contributed by atoms with van der Waals surface area (Å²) in [6, 6.07) is 0. The smallest absolute Gasteiger partial charge is 0.152 e. The van der Waals surface area contributed by atoms with E-state index in [1.54, 1.807) is 29.1 Å². The third-order valence-electron chi connectivity index (χ3n) is 2.87. The van der Waals surface area contributed by atoms with E-state index in [9.17, 15) is 0 Å². The van der Waals surface area contributed by atoms with Crippen LogP contribution in [0.1, 0.15) is 58.3 Å². The maximum Gasteiger partial charge on any atom is 0.152 e. The number of thiocarbonyl (C=S) groups is 1. The van der Waals surface area contributed by atoms with E-state index < -0.39 is 0 Å². The first-order valence-electron chi connectivity index (χ1n) is 7.11. The van der Waals surface area contributed by atoms with E-state index in [1.165, 1.54) is 51.4 Å². The van der Waals surface area contributed by atoms with Crippen LogP contribution in [-0.2, 0) is 0 Å². The Balaban J connectivity index is 1.86. The summed E-state index contributed by atoms with van der Waals surface area (Å²) in [4.78, 5) is 0. The van der Waals surface area contributed by atoms with Gasteiger partial charge in [0.15, 0.2) is 4.32 Å². The van der Waals surface area contributed by atoms with E-state index in [4.69, 9.17) is 12.2 Å². The maximum atomic E-state index is 5.23. The van der Waals surface area contributed by atoms with Crippen LogP contribution in [0.4, 0.5) is 0 Å². The summed E-state index contributed by atoms with van der Waals surface area (Å²) in [5.41, 5.74) is 3.03. The summed E-state index contributed by atoms with van der Waals surface area (Å²) < 4.78 is 2.45. The van der Waals surface area contributed by atoms with Gasteiger partial charge in [0.05, 0.1) is 0 Å². The van der Waals surface area contributed by atoms with Gasteiger partial charge in [0.1, 0.15) is 12.7 Å². The zero-order chi connectivity index (χ0) is 13.8. The number of hydrogen-bond donors (Lipinski definition) is 1. The Labute approximate surface area is 125 Å². The molecule has 1 rings (SSSR count). The molecule has 0 fully saturated rings. The summed E-state index contributed by atoms with van der Waals surface area (Å²) >= 11 is 6.92. The lowest BCUT2D eigenvalue weighted by atomic mass is 10.1. The van der Waals surface area contributed by atoms with Crippen LogP contribution in [0.25, 0.3) is 0 Å². The van der Waals surface area contributed by atoms with Crippen LogP contribution >= 0.6 is 24.0 Å². The van der Waals surface area contributed by atoms with Crippen LogP contribution in [0, 0.1) is 0 Å². The zero-order valence-corrected chi connectivity index (χ0v) is 13.3. The molecule has 1 aromatic heterocycles. The second kappa shape index (κ2) is 11.2. The molecule has 0 radical (unpaired) electrons. The van der Waals surface area contributed by atoms with Crippen molar-refractivity contribution in [1.82, 2.24) is 14.9 Å². The Morgan fingerprint density at radius 1 is 1.05 bits per heavy atom. The van der Waals surface area contributed by atoms with E-state index in [0.29, 0.717) is 0 Å². The molecule has 108 valence electrons. The first-order valence-corrected chi connectivity index (χ1v) is 8.50. The van der Waals surface area contributed by atoms with Gasteiger partial charge >= 0.3 is 0 Å². The first-order chi connectivity index (χ1) is 9.33. The summed E-state index contributed by atoms with van der Waals surface area (Å²) in [6.07, 6.45) is 14.0. The fraction of sp³-hybridized carbons (Fsp3) is 0.769. The zero-order valence-electron chi connectivity index (χ0n) is 11.7. The van der Waals surface area contributed by atoms with Gasteiger partial charge in [-0.25, -0.2) is 4.68 Å². The van der Waals surface area contributed by atoms with Gasteiger partial charge in [-0.2, -0.15) is 0 Å². The predicted molar refractivity (Wildman–Crippen MR) is 87.0 cm³/mol. The second-order valence-electron chi connectivity index (χ2n) is 4.59. The minimum absolute atomic E-state index is 0.780. The number of hydrogen-bond acceptors (Lipinski definition) is 4. The summed E-state index contributed by atoms with van der Waals surface area (Å²) in [6.45, 7) is 2.26. The Morgan fingerprint density at radius 2 is 1.63 bits per heavy atom. The van der Waals surface area contributed by atoms with Crippen molar-refractivity contribution in [3.8, 4) is 0 Å². The highest BCUT2D eigenvalue weighted by molar-refractivity contribution is 8.23. The number of thioether (sulfide) groups is 1. The summed E-state index contributed by atoms with van der Waals surface area (Å²) in [7, 11) is 0. The molecular weight excluding hydrogens is 276 g/mol. The summed E-state index contributed by atoms with van der Waals surface area (Å²) in [5.74, 6) is 1.09. The van der Waals surface area contributed by atoms with Crippen molar-refractivity contribution >= 4 is 28.3 Å². The van der Waals surface area contributed by atoms with Gasteiger partial charge < -0.3 is 0 Å². The van der Waals surface area contributed by atoms with Crippen molar-refractivity contribution in [2.45, 2.75) is 58.3 Å². The topological polar surface area (TPSA) is 42.7 Å². The molecule has 0 aliphatic heterocycles. The van der Waals surface area contributed by atoms with Crippen LogP contribution in [-0.4, -0.2) is 24.9 Å². The van der Waals surface area contributed by atoms with Crippen molar-refractivity contribution in [2.24, 2.45) is 0 Å². The molecular formula is C13H24N4S2. The van der Waals surface area contributed by atoms with Gasteiger partial charge in [0, 0.05) is 5.75 Å². The van der Waals surface area contributed by atoms with Crippen molar-refractivity contribution in [3.63, 3.8) is 0 Å². The molecule has 0 spiro atoms. The number of rotatable bonds is 10. The Hall–Kier alpha value is -0.620. The fourth-order valence-corrected chi connectivity index (χ4v) is 2.86. The third kappa shape index (κ3) is 8.99. The highest BCUT2D eigenvalue weighted by atomic mass is 32.2. The normalized spacial score (nSPS) is 10.6. The monoisotopic (exact) mass is 300 g/mol. The Kier molecular flexibility index (Phi) is 9.71. The van der Waals surface area contributed by atoms with E-state index in [-0.39, 0.29) is 0 Å². The van der Waals surface area contributed by atoms with Crippen molar-refractivity contribution in [1.29, 1.82) is 0 Å². The minimum atomic E-state index is 0.780. The van der Waals surface area contributed by atoms with Gasteiger partial charge in [-0.05, 0) is 6.42 Å². The number of aromatic nitrogens is 3. The SMILES string of the molecule is CCCCCCCCCCSC(=S)Nn1cnnc1. The Bertz CT molecular complexity index is 327. The summed E-state index contributed by atoms with van der Waals surface area (Å²) in [5, 5.41) is 7.42. The van der Waals surface area contributed by atoms with Gasteiger partial charge in [-0.15, -0.1) is 10.2 Å². The van der Waals surface area contributed by atoms with Crippen LogP contribution in [0.2, 0.25) is 0 Å². The lowest BCUT2D eigenvalue weighted by molar-refractivity contribution is 0.586. The molecule has 1 N–H and O–H groups in total. The number of nitrogens with one attached hydrogen (secondary N) is 1. The van der Waals surface area contributed by atoms with Gasteiger partial charge in [-0.3, -0.25) is 5.43 Å². The maximum absolute atomic E-state index is 5.23. The van der Waals surface area contributed by atoms with Crippen molar-refractivity contribution in [3.05, 3.63) is 12.7 Å². The molecule has 0 unspecified atom stereocenters. The molecule has 0 saturated carbocycles. The number of nitrogens with zero attached hydrogens (tertiary/aromatic N) is 3. The third-order valence-corrected chi connectivity index (χ3v) is 4.16. The quantitative estimate of drug-likeness (QED) is 0.523. The second-order valence-corrected chi connectivity index (χ2v) is 6.36. The van der Waals surface area contributed by atoms with E-state index in [2.05, 4.69) is 22.5 Å². The largest absolute Gasteiger partial charge is 0.276 e. The first kappa shape index (κ1) is 16.4. The van der Waals surface area contributed by atoms with Gasteiger partial charge in [-0.1, -0.05) is 75.8 Å². The minimum Gasteiger partial charge on any atom is -0.276 e. The molecule has 19 heavy (non-hydrogen) atoms. The fourth-order valence-electron chi connectivity index (χ4n) is 1.80. The Morgan fingerprint density at radius 3 is 2.26 bits per heavy atom. The van der Waals surface area contributed by atoms with Crippen molar-refractivity contribution in [2.75, 3.05) is 11.2 Å². The molecule has 1 aromatic rings. The van der Waals surface area contributed by atoms with Crippen LogP contribution in [0.5, 0.6) is 0 Å². The predicted octanol–water partition coefficient (Wildman–Crippen LogP) is 3.98. The molecule has 0 aliphatic rings. The van der Waals surface area contributed by atoms with E-state index in [0.717, 1.165) is 10.1 Å². The molecule has 1 heterocycles. The highest BCUT2D eigenvalue weighted by Gasteiger charge is 1.98. The average molecular weight is 300 g/mol. The van der Waals surface area contributed by atoms with Crippen LogP contribution < -0.4 is 5.43 Å². The van der Waals surface area contributed by atoms with E-state index in [1.807, 2.05) is 0 Å². The highest BCUT2D eigenvalue weighted by Crippen LogP contribution is 2.12. The van der Waals surface area contributed by atoms with E-state index >= 15 is 0 Å². The molecule has 4 nitrogen and oxygen atoms in total. The van der Waals surface area contributed by atoms with Crippen LogP contribution in [0.15, 0.2) is 12.7 Å². The lowest BCUT2D eigenvalue weighted by Gasteiger charge is -2.06. The molecule has 0 amide bonds. The molecule has 0 bridgehead atoms. The van der Waals surface area contributed by atoms with Gasteiger partial charge in [0.25, 0.3) is 0 Å². The van der Waals surface area contributed by atoms with Crippen molar-refractivity contribution < 1.29 is 0 Å². The average Bonchev–Trinajstić information content (AvgIpc) is 2.89. The molecule has 0 atom stereocenters. The number of unbranched alkanes of at least 4 members (excludes halogenated alkanes) is 7.